The zero-order chi connectivity index (χ0) is 13.1. The molecule has 1 fully saturated rings. The van der Waals surface area contributed by atoms with Gasteiger partial charge in [0.05, 0.1) is 0 Å². The minimum atomic E-state index is -0.156. The minimum absolute atomic E-state index is 0.156. The van der Waals surface area contributed by atoms with Crippen molar-refractivity contribution in [3.63, 3.8) is 0 Å². The van der Waals surface area contributed by atoms with E-state index in [1.807, 2.05) is 0 Å². The van der Waals surface area contributed by atoms with Crippen molar-refractivity contribution in [2.75, 3.05) is 13.1 Å². The van der Waals surface area contributed by atoms with E-state index in [4.69, 9.17) is 5.73 Å². The summed E-state index contributed by atoms with van der Waals surface area (Å²) in [5, 5.41) is 3.43. The SMILES string of the molecule is NC(=O)CCCCCCCCCCC1CCNC1. The van der Waals surface area contributed by atoms with Crippen molar-refractivity contribution in [1.29, 1.82) is 0 Å². The van der Waals surface area contributed by atoms with Gasteiger partial charge in [-0.25, -0.2) is 0 Å². The molecule has 0 saturated carbocycles. The Morgan fingerprint density at radius 2 is 1.61 bits per heavy atom. The summed E-state index contributed by atoms with van der Waals surface area (Å²) in [6.45, 7) is 2.48. The van der Waals surface area contributed by atoms with Gasteiger partial charge in [-0.05, 0) is 38.3 Å². The van der Waals surface area contributed by atoms with E-state index in [0.717, 1.165) is 18.8 Å². The van der Waals surface area contributed by atoms with Crippen LogP contribution in [0.2, 0.25) is 0 Å². The molecule has 0 aromatic rings. The summed E-state index contributed by atoms with van der Waals surface area (Å²) < 4.78 is 0. The van der Waals surface area contributed by atoms with Gasteiger partial charge in [-0.2, -0.15) is 0 Å². The standard InChI is InChI=1S/C15H30N2O/c16-15(18)10-8-6-4-2-1-3-5-7-9-14-11-12-17-13-14/h14,17H,1-13H2,(H2,16,18). The molecule has 1 amide bonds. The van der Waals surface area contributed by atoms with Crippen LogP contribution in [0, 0.1) is 5.92 Å². The van der Waals surface area contributed by atoms with Crippen LogP contribution in [-0.4, -0.2) is 19.0 Å². The molecule has 1 aliphatic heterocycles. The molecule has 0 aromatic heterocycles. The summed E-state index contributed by atoms with van der Waals surface area (Å²) in [4.78, 5) is 10.5. The third-order valence-corrected chi connectivity index (χ3v) is 3.95. The third kappa shape index (κ3) is 8.51. The number of unbranched alkanes of at least 4 members (excludes halogenated alkanes) is 7. The molecule has 0 bridgehead atoms. The predicted octanol–water partition coefficient (Wildman–Crippen LogP) is 2.98. The lowest BCUT2D eigenvalue weighted by atomic mass is 9.99. The molecule has 1 unspecified atom stereocenters. The van der Waals surface area contributed by atoms with Crippen molar-refractivity contribution in [1.82, 2.24) is 5.32 Å². The normalized spacial score (nSPS) is 19.2. The quantitative estimate of drug-likeness (QED) is 0.557. The topological polar surface area (TPSA) is 55.1 Å². The average molecular weight is 254 g/mol. The largest absolute Gasteiger partial charge is 0.370 e. The van der Waals surface area contributed by atoms with Crippen molar-refractivity contribution in [2.45, 2.75) is 70.6 Å². The van der Waals surface area contributed by atoms with Crippen LogP contribution in [-0.2, 0) is 4.79 Å². The number of primary amides is 1. The Hall–Kier alpha value is -0.570. The molecule has 3 nitrogen and oxygen atoms in total. The van der Waals surface area contributed by atoms with Crippen molar-refractivity contribution in [2.24, 2.45) is 11.7 Å². The summed E-state index contributed by atoms with van der Waals surface area (Å²) in [7, 11) is 0. The van der Waals surface area contributed by atoms with Gasteiger partial charge in [0.25, 0.3) is 0 Å². The fourth-order valence-corrected chi connectivity index (χ4v) is 2.75. The van der Waals surface area contributed by atoms with Crippen LogP contribution in [0.4, 0.5) is 0 Å². The molecule has 0 radical (unpaired) electrons. The smallest absolute Gasteiger partial charge is 0.217 e. The molecular formula is C15H30N2O. The van der Waals surface area contributed by atoms with E-state index < -0.39 is 0 Å². The molecule has 1 rings (SSSR count). The average Bonchev–Trinajstić information content (AvgIpc) is 2.84. The minimum Gasteiger partial charge on any atom is -0.370 e. The van der Waals surface area contributed by atoms with Crippen molar-refractivity contribution in [3.05, 3.63) is 0 Å². The first-order valence-corrected chi connectivity index (χ1v) is 7.78. The molecule has 3 N–H and O–H groups in total. The lowest BCUT2D eigenvalue weighted by Crippen LogP contribution is -2.09. The van der Waals surface area contributed by atoms with Crippen LogP contribution in [0.25, 0.3) is 0 Å². The number of hydrogen-bond acceptors (Lipinski definition) is 2. The molecule has 1 heterocycles. The second kappa shape index (κ2) is 10.4. The number of carbonyl (C=O) groups excluding carboxylic acids is 1. The third-order valence-electron chi connectivity index (χ3n) is 3.95. The van der Waals surface area contributed by atoms with Gasteiger partial charge in [-0.1, -0.05) is 44.9 Å². The Morgan fingerprint density at radius 3 is 2.17 bits per heavy atom. The highest BCUT2D eigenvalue weighted by Gasteiger charge is 2.12. The zero-order valence-corrected chi connectivity index (χ0v) is 11.8. The van der Waals surface area contributed by atoms with Gasteiger partial charge in [0.2, 0.25) is 5.91 Å². The number of amides is 1. The monoisotopic (exact) mass is 254 g/mol. The first-order valence-electron chi connectivity index (χ1n) is 7.78. The molecule has 3 heteroatoms. The first kappa shape index (κ1) is 15.5. The fourth-order valence-electron chi connectivity index (χ4n) is 2.75. The maximum Gasteiger partial charge on any atom is 0.217 e. The number of carbonyl (C=O) groups is 1. The van der Waals surface area contributed by atoms with Gasteiger partial charge >= 0.3 is 0 Å². The fraction of sp³-hybridized carbons (Fsp3) is 0.933. The summed E-state index contributed by atoms with van der Waals surface area (Å²) in [5.74, 6) is 0.801. The molecule has 1 saturated heterocycles. The summed E-state index contributed by atoms with van der Waals surface area (Å²) in [5.41, 5.74) is 5.10. The van der Waals surface area contributed by atoms with Gasteiger partial charge in [-0.15, -0.1) is 0 Å². The predicted molar refractivity (Wildman–Crippen MR) is 76.3 cm³/mol. The Labute approximate surface area is 112 Å². The van der Waals surface area contributed by atoms with Gasteiger partial charge < -0.3 is 11.1 Å². The van der Waals surface area contributed by atoms with Gasteiger partial charge in [0.15, 0.2) is 0 Å². The molecule has 0 spiro atoms. The Balaban J connectivity index is 1.72. The summed E-state index contributed by atoms with van der Waals surface area (Å²) >= 11 is 0. The molecule has 1 atom stereocenters. The lowest BCUT2D eigenvalue weighted by Gasteiger charge is -2.07. The Bertz CT molecular complexity index is 213. The van der Waals surface area contributed by atoms with Crippen LogP contribution in [0.15, 0.2) is 0 Å². The zero-order valence-electron chi connectivity index (χ0n) is 11.8. The highest BCUT2D eigenvalue weighted by atomic mass is 16.1. The van der Waals surface area contributed by atoms with E-state index in [-0.39, 0.29) is 5.91 Å². The van der Waals surface area contributed by atoms with Crippen LogP contribution in [0.1, 0.15) is 70.6 Å². The van der Waals surface area contributed by atoms with E-state index in [9.17, 15) is 4.79 Å². The van der Waals surface area contributed by atoms with E-state index in [1.54, 1.807) is 0 Å². The molecular weight excluding hydrogens is 224 g/mol. The first-order chi connectivity index (χ1) is 8.79. The number of hydrogen-bond donors (Lipinski definition) is 2. The number of nitrogens with two attached hydrogens (primary N) is 1. The molecule has 0 aliphatic carbocycles. The van der Waals surface area contributed by atoms with E-state index >= 15 is 0 Å². The van der Waals surface area contributed by atoms with Gasteiger partial charge in [-0.3, -0.25) is 4.79 Å². The highest BCUT2D eigenvalue weighted by Crippen LogP contribution is 2.17. The Kier molecular flexibility index (Phi) is 8.92. The van der Waals surface area contributed by atoms with Crippen LogP contribution in [0.3, 0.4) is 0 Å². The van der Waals surface area contributed by atoms with E-state index in [1.165, 1.54) is 64.5 Å². The van der Waals surface area contributed by atoms with E-state index in [0.29, 0.717) is 6.42 Å². The lowest BCUT2D eigenvalue weighted by molar-refractivity contribution is -0.118. The van der Waals surface area contributed by atoms with Gasteiger partial charge in [0.1, 0.15) is 0 Å². The van der Waals surface area contributed by atoms with Crippen molar-refractivity contribution < 1.29 is 4.79 Å². The summed E-state index contributed by atoms with van der Waals surface area (Å²) in [6, 6.07) is 0. The summed E-state index contributed by atoms with van der Waals surface area (Å²) in [6.07, 6.45) is 13.7. The van der Waals surface area contributed by atoms with Crippen LogP contribution >= 0.6 is 0 Å². The maximum absolute atomic E-state index is 10.5. The van der Waals surface area contributed by atoms with Crippen molar-refractivity contribution in [3.8, 4) is 0 Å². The van der Waals surface area contributed by atoms with Crippen molar-refractivity contribution >= 4 is 5.91 Å². The van der Waals surface area contributed by atoms with Gasteiger partial charge in [0, 0.05) is 6.42 Å². The second-order valence-corrected chi connectivity index (χ2v) is 5.69. The maximum atomic E-state index is 10.5. The van der Waals surface area contributed by atoms with Crippen LogP contribution in [0.5, 0.6) is 0 Å². The van der Waals surface area contributed by atoms with E-state index in [2.05, 4.69) is 5.32 Å². The van der Waals surface area contributed by atoms with Crippen LogP contribution < -0.4 is 11.1 Å². The molecule has 0 aromatic carbocycles. The number of rotatable bonds is 11. The molecule has 18 heavy (non-hydrogen) atoms. The molecule has 106 valence electrons. The Morgan fingerprint density at radius 1 is 1.00 bits per heavy atom. The highest BCUT2D eigenvalue weighted by molar-refractivity contribution is 5.73. The second-order valence-electron chi connectivity index (χ2n) is 5.69. The number of nitrogens with one attached hydrogen (secondary N) is 1. The molecule has 1 aliphatic rings.